The Morgan fingerprint density at radius 3 is 2.58 bits per heavy atom. The lowest BCUT2D eigenvalue weighted by Crippen LogP contribution is -2.49. The van der Waals surface area contributed by atoms with Gasteiger partial charge in [-0.05, 0) is 62.0 Å². The Kier molecular flexibility index (Phi) is 4.44. The average molecular weight is 328 g/mol. The molecule has 4 aliphatic carbocycles. The van der Waals surface area contributed by atoms with Gasteiger partial charge >= 0.3 is 0 Å². The molecule has 5 atom stereocenters. The molecule has 0 unspecified atom stereocenters. The second-order valence-electron chi connectivity index (χ2n) is 8.18. The van der Waals surface area contributed by atoms with Crippen LogP contribution in [0.25, 0.3) is 0 Å². The van der Waals surface area contributed by atoms with Crippen molar-refractivity contribution in [2.24, 2.45) is 28.6 Å². The first kappa shape index (κ1) is 17.4. The van der Waals surface area contributed by atoms with Crippen LogP contribution < -0.4 is 0 Å². The van der Waals surface area contributed by atoms with E-state index in [0.29, 0.717) is 29.1 Å². The number of hydrogen-bond donors (Lipinski definition) is 1. The Morgan fingerprint density at radius 2 is 1.88 bits per heavy atom. The molecule has 4 rings (SSSR count). The standard InChI is InChI=1S/C20H24O2.CH4O/c1-19-9-7-13(12-21)11-14(19)3-4-15-16-5-6-18(22)20(16,2)10-8-17(15)19;1-2/h7,9,11,15-17H,3-6,8,10H2,1-2H3;2H,1H3/t15-,16-,17-,19-,20-;/m0./s1. The maximum absolute atomic E-state index is 12.4. The van der Waals surface area contributed by atoms with Crippen molar-refractivity contribution in [2.75, 3.05) is 7.11 Å². The summed E-state index contributed by atoms with van der Waals surface area (Å²) in [5, 5.41) is 7.00. The van der Waals surface area contributed by atoms with Crippen molar-refractivity contribution < 1.29 is 14.7 Å². The van der Waals surface area contributed by atoms with Gasteiger partial charge in [-0.3, -0.25) is 4.79 Å². The first-order valence-corrected chi connectivity index (χ1v) is 9.12. The zero-order valence-electron chi connectivity index (χ0n) is 15.0. The molecule has 0 aromatic heterocycles. The Labute approximate surface area is 144 Å². The quantitative estimate of drug-likeness (QED) is 0.690. The minimum Gasteiger partial charge on any atom is -0.400 e. The number of rotatable bonds is 0. The van der Waals surface area contributed by atoms with E-state index >= 15 is 0 Å². The lowest BCUT2D eigenvalue weighted by atomic mass is 9.48. The predicted molar refractivity (Wildman–Crippen MR) is 94.0 cm³/mol. The van der Waals surface area contributed by atoms with Crippen LogP contribution in [-0.4, -0.2) is 23.9 Å². The minimum absolute atomic E-state index is 0.0506. The van der Waals surface area contributed by atoms with E-state index in [1.54, 1.807) is 0 Å². The van der Waals surface area contributed by atoms with E-state index < -0.39 is 0 Å². The molecule has 0 spiro atoms. The van der Waals surface area contributed by atoms with E-state index in [0.717, 1.165) is 39.2 Å². The van der Waals surface area contributed by atoms with Crippen LogP contribution in [-0.2, 0) is 9.59 Å². The minimum atomic E-state index is -0.0506. The molecule has 0 aromatic carbocycles. The van der Waals surface area contributed by atoms with Crippen molar-refractivity contribution in [3.8, 4) is 0 Å². The Balaban J connectivity index is 0.000000815. The van der Waals surface area contributed by atoms with Crippen LogP contribution in [0.5, 0.6) is 0 Å². The Hall–Kier alpha value is -1.44. The van der Waals surface area contributed by atoms with Gasteiger partial charge in [0.05, 0.1) is 5.57 Å². The number of ketones is 1. The monoisotopic (exact) mass is 328 g/mol. The zero-order chi connectivity index (χ0) is 17.5. The van der Waals surface area contributed by atoms with Gasteiger partial charge in [-0.2, -0.15) is 0 Å². The van der Waals surface area contributed by atoms with Crippen LogP contribution in [0.15, 0.2) is 29.4 Å². The predicted octanol–water partition coefficient (Wildman–Crippen LogP) is 3.66. The Morgan fingerprint density at radius 1 is 1.12 bits per heavy atom. The number of carbonyl (C=O) groups is 1. The normalized spacial score (nSPS) is 42.8. The van der Waals surface area contributed by atoms with Crippen LogP contribution in [0.4, 0.5) is 0 Å². The second-order valence-corrected chi connectivity index (χ2v) is 8.18. The third-order valence-electron chi connectivity index (χ3n) is 7.41. The molecule has 0 aromatic rings. The third kappa shape index (κ3) is 2.29. The molecule has 3 nitrogen and oxygen atoms in total. The van der Waals surface area contributed by atoms with Gasteiger partial charge in [0.25, 0.3) is 0 Å². The second kappa shape index (κ2) is 6.13. The van der Waals surface area contributed by atoms with Gasteiger partial charge < -0.3 is 5.11 Å². The molecule has 0 bridgehead atoms. The molecule has 3 heteroatoms. The highest BCUT2D eigenvalue weighted by Crippen LogP contribution is 2.63. The molecule has 3 fully saturated rings. The molecule has 0 amide bonds. The number of hydrogen-bond acceptors (Lipinski definition) is 3. The molecule has 4 aliphatic rings. The number of aliphatic hydroxyl groups is 1. The van der Waals surface area contributed by atoms with Crippen molar-refractivity contribution in [3.63, 3.8) is 0 Å². The highest BCUT2D eigenvalue weighted by molar-refractivity contribution is 5.87. The van der Waals surface area contributed by atoms with Crippen molar-refractivity contribution in [1.29, 1.82) is 0 Å². The van der Waals surface area contributed by atoms with Crippen molar-refractivity contribution in [2.45, 2.75) is 52.4 Å². The summed E-state index contributed by atoms with van der Waals surface area (Å²) in [6.07, 6.45) is 12.6. The number of fused-ring (bicyclic) bond motifs is 5. The molecule has 0 saturated heterocycles. The highest BCUT2D eigenvalue weighted by atomic mass is 16.2. The molecule has 0 aliphatic heterocycles. The number of carbonyl (C=O) groups excluding carboxylic acids is 2. The largest absolute Gasteiger partial charge is 0.400 e. The van der Waals surface area contributed by atoms with Crippen molar-refractivity contribution >= 4 is 11.7 Å². The summed E-state index contributed by atoms with van der Waals surface area (Å²) in [4.78, 5) is 23.3. The zero-order valence-corrected chi connectivity index (χ0v) is 15.0. The molecule has 24 heavy (non-hydrogen) atoms. The molecule has 0 radical (unpaired) electrons. The van der Waals surface area contributed by atoms with Crippen LogP contribution >= 0.6 is 0 Å². The maximum Gasteiger partial charge on any atom is 0.139 e. The Bertz CT molecular complexity index is 652. The fourth-order valence-electron chi connectivity index (χ4n) is 6.06. The fraction of sp³-hybridized carbons (Fsp3) is 0.667. The summed E-state index contributed by atoms with van der Waals surface area (Å²) in [5.41, 5.74) is 2.12. The van der Waals surface area contributed by atoms with E-state index in [1.165, 1.54) is 12.0 Å². The molecular weight excluding hydrogens is 300 g/mol. The summed E-state index contributed by atoms with van der Waals surface area (Å²) >= 11 is 0. The van der Waals surface area contributed by atoms with Gasteiger partial charge in [0.1, 0.15) is 11.7 Å². The van der Waals surface area contributed by atoms with Gasteiger partial charge in [-0.25, -0.2) is 4.79 Å². The van der Waals surface area contributed by atoms with Crippen molar-refractivity contribution in [3.05, 3.63) is 29.4 Å². The van der Waals surface area contributed by atoms with Crippen LogP contribution in [0.2, 0.25) is 0 Å². The smallest absolute Gasteiger partial charge is 0.139 e. The van der Waals surface area contributed by atoms with E-state index in [4.69, 9.17) is 5.11 Å². The first-order chi connectivity index (χ1) is 11.5. The topological polar surface area (TPSA) is 54.4 Å². The summed E-state index contributed by atoms with van der Waals surface area (Å²) in [6.45, 7) is 4.56. The van der Waals surface area contributed by atoms with Gasteiger partial charge in [-0.15, -0.1) is 0 Å². The molecular formula is C21H28O3. The van der Waals surface area contributed by atoms with Crippen LogP contribution in [0, 0.1) is 28.6 Å². The number of Topliss-reactive ketones (excluding diaryl/α,β-unsaturated/α-hetero) is 1. The summed E-state index contributed by atoms with van der Waals surface area (Å²) in [6, 6.07) is 0. The van der Waals surface area contributed by atoms with Crippen LogP contribution in [0.1, 0.15) is 52.4 Å². The summed E-state index contributed by atoms with van der Waals surface area (Å²) in [7, 11) is 1.00. The molecule has 130 valence electrons. The van der Waals surface area contributed by atoms with E-state index in [-0.39, 0.29) is 10.8 Å². The first-order valence-electron chi connectivity index (χ1n) is 9.12. The number of allylic oxidation sites excluding steroid dienone is 5. The van der Waals surface area contributed by atoms with Crippen molar-refractivity contribution in [1.82, 2.24) is 0 Å². The molecule has 3 saturated carbocycles. The third-order valence-corrected chi connectivity index (χ3v) is 7.41. The lowest BCUT2D eigenvalue weighted by molar-refractivity contribution is -0.131. The van der Waals surface area contributed by atoms with E-state index in [9.17, 15) is 9.59 Å². The maximum atomic E-state index is 12.4. The van der Waals surface area contributed by atoms with E-state index in [2.05, 4.69) is 26.0 Å². The van der Waals surface area contributed by atoms with Crippen LogP contribution in [0.3, 0.4) is 0 Å². The fourth-order valence-corrected chi connectivity index (χ4v) is 6.06. The van der Waals surface area contributed by atoms with E-state index in [1.807, 2.05) is 12.0 Å². The summed E-state index contributed by atoms with van der Waals surface area (Å²) < 4.78 is 0. The lowest BCUT2D eigenvalue weighted by Gasteiger charge is -2.55. The number of aliphatic hydroxyl groups excluding tert-OH is 1. The molecule has 1 N–H and O–H groups in total. The van der Waals surface area contributed by atoms with Gasteiger partial charge in [0.15, 0.2) is 0 Å². The van der Waals surface area contributed by atoms with Gasteiger partial charge in [-0.1, -0.05) is 25.5 Å². The summed E-state index contributed by atoms with van der Waals surface area (Å²) in [5.74, 6) is 4.41. The average Bonchev–Trinajstić information content (AvgIpc) is 2.91. The van der Waals surface area contributed by atoms with Gasteiger partial charge in [0.2, 0.25) is 0 Å². The highest BCUT2D eigenvalue weighted by Gasteiger charge is 2.58. The van der Waals surface area contributed by atoms with Gasteiger partial charge in [0, 0.05) is 24.4 Å². The molecule has 0 heterocycles. The SMILES string of the molecule is CO.C[C@]12C=CC(=C=O)C=C1CC[C@@H]1[C@@H]2CC[C@]2(C)C(=O)CC[C@@H]12.